The van der Waals surface area contributed by atoms with Crippen LogP contribution in [0.1, 0.15) is 13.7 Å². The Morgan fingerprint density at radius 3 is 1.27 bits per heavy atom. The van der Waals surface area contributed by atoms with Gasteiger partial charge in [-0.3, -0.25) is 0 Å². The first-order valence-corrected chi connectivity index (χ1v) is 19.6. The van der Waals surface area contributed by atoms with Crippen LogP contribution in [0.3, 0.4) is 0 Å². The number of halogens is 1. The van der Waals surface area contributed by atoms with E-state index in [-0.39, 0.29) is 35.3 Å². The Morgan fingerprint density at radius 1 is 0.412 bits per heavy atom. The summed E-state index contributed by atoms with van der Waals surface area (Å²) >= 11 is 2.36. The van der Waals surface area contributed by atoms with E-state index in [1.165, 1.54) is 15.6 Å². The maximum Gasteiger partial charge on any atom is 0.179 e. The van der Waals surface area contributed by atoms with Gasteiger partial charge in [-0.05, 0) is 102 Å². The number of nitrogens with zero attached hydrogens (tertiary/aromatic N) is 1. The number of aromatic nitrogens is 1. The molecule has 0 bridgehead atoms. The Bertz CT molecular complexity index is 2930. The van der Waals surface area contributed by atoms with Gasteiger partial charge in [0.15, 0.2) is 8.07 Å². The first-order chi connectivity index (χ1) is 29.4. The Morgan fingerprint density at radius 2 is 0.843 bits per heavy atom. The van der Waals surface area contributed by atoms with Crippen molar-refractivity contribution in [3.8, 4) is 27.9 Å². The molecule has 0 spiro atoms. The third-order valence-corrected chi connectivity index (χ3v) is 15.3. The SMILES string of the molecule is [2H]c1c([2H])c([2H])c(-c2ccc3c(c2)c2cc(-c4c([2H])c([2H])c([2H])c([2H])c4[2H])ccc2n3-c2cc([Si](c3ccccc3)(c3ccccc3)c3ccccc3)ccc2I)c([2H])c1[2H]. The van der Waals surface area contributed by atoms with Crippen LogP contribution < -0.4 is 20.7 Å². The van der Waals surface area contributed by atoms with Crippen LogP contribution in [0.5, 0.6) is 0 Å². The van der Waals surface area contributed by atoms with Gasteiger partial charge in [-0.25, -0.2) is 0 Å². The summed E-state index contributed by atoms with van der Waals surface area (Å²) < 4.78 is 88.3. The molecule has 242 valence electrons. The zero-order valence-corrected chi connectivity index (χ0v) is 30.3. The van der Waals surface area contributed by atoms with Crippen LogP contribution in [0.4, 0.5) is 0 Å². The van der Waals surface area contributed by atoms with Crippen LogP contribution in [-0.2, 0) is 0 Å². The van der Waals surface area contributed by atoms with Crippen molar-refractivity contribution in [1.82, 2.24) is 4.57 Å². The first kappa shape index (κ1) is 22.4. The van der Waals surface area contributed by atoms with Gasteiger partial charge in [-0.1, -0.05) is 170 Å². The molecule has 0 aliphatic rings. The molecule has 0 saturated heterocycles. The van der Waals surface area contributed by atoms with Crippen LogP contribution in [0, 0.1) is 3.57 Å². The Balaban J connectivity index is 1.38. The summed E-state index contributed by atoms with van der Waals surface area (Å²) in [6, 6.07) is 45.6. The predicted octanol–water partition coefficient (Wildman–Crippen LogP) is 10.1. The van der Waals surface area contributed by atoms with Crippen LogP contribution in [0.2, 0.25) is 0 Å². The fraction of sp³-hybridized carbons (Fsp3) is 0. The summed E-state index contributed by atoms with van der Waals surface area (Å²) in [4.78, 5) is 0. The largest absolute Gasteiger partial charge is 0.308 e. The molecule has 0 amide bonds. The van der Waals surface area contributed by atoms with Gasteiger partial charge >= 0.3 is 0 Å². The number of rotatable bonds is 7. The van der Waals surface area contributed by atoms with Gasteiger partial charge < -0.3 is 4.57 Å². The molecule has 0 atom stereocenters. The highest BCUT2D eigenvalue weighted by molar-refractivity contribution is 14.1. The molecule has 0 aliphatic heterocycles. The summed E-state index contributed by atoms with van der Waals surface area (Å²) in [6.07, 6.45) is 0. The minimum absolute atomic E-state index is 0.0662. The summed E-state index contributed by atoms with van der Waals surface area (Å²) in [5, 5.41) is 6.17. The third kappa shape index (κ3) is 5.45. The van der Waals surface area contributed by atoms with E-state index in [1.807, 2.05) is 42.5 Å². The predicted molar refractivity (Wildman–Crippen MR) is 228 cm³/mol. The molecule has 0 radical (unpaired) electrons. The van der Waals surface area contributed by atoms with E-state index in [0.29, 0.717) is 21.9 Å². The standard InChI is InChI=1S/C48H34INSi/c49-45-29-28-42(51(39-20-10-3-11-21-39,40-22-12-4-13-23-40)41-24-14-5-15-25-41)34-48(45)50-46-30-26-37(35-16-6-1-7-17-35)32-43(46)44-33-38(27-31-47(44)50)36-18-8-2-9-19-36/h1-34H/i1D,2D,6D,7D,8D,9D,16D,17D,18D,19D. The number of benzene rings is 8. The maximum absolute atomic E-state index is 8.79. The molecular weight excluding hydrogens is 746 g/mol. The van der Waals surface area contributed by atoms with E-state index in [0.717, 1.165) is 25.5 Å². The van der Waals surface area contributed by atoms with Gasteiger partial charge in [0.1, 0.15) is 0 Å². The zero-order valence-electron chi connectivity index (χ0n) is 37.2. The van der Waals surface area contributed by atoms with Crippen molar-refractivity contribution in [2.24, 2.45) is 0 Å². The Hall–Kier alpha value is -5.49. The Labute approximate surface area is 327 Å². The molecule has 0 unspecified atom stereocenters. The number of hydrogen-bond donors (Lipinski definition) is 0. The van der Waals surface area contributed by atoms with Crippen molar-refractivity contribution in [2.75, 3.05) is 0 Å². The molecule has 0 N–H and O–H groups in total. The van der Waals surface area contributed by atoms with Crippen LogP contribution in [-0.4, -0.2) is 12.6 Å². The molecule has 0 fully saturated rings. The van der Waals surface area contributed by atoms with E-state index in [1.54, 1.807) is 12.1 Å². The van der Waals surface area contributed by atoms with Crippen molar-refractivity contribution in [3.05, 3.63) is 210 Å². The molecule has 9 aromatic rings. The van der Waals surface area contributed by atoms with Crippen molar-refractivity contribution >= 4 is 73.2 Å². The maximum atomic E-state index is 8.79. The van der Waals surface area contributed by atoms with Crippen molar-refractivity contribution in [1.29, 1.82) is 0 Å². The monoisotopic (exact) mass is 789 g/mol. The van der Waals surface area contributed by atoms with Crippen molar-refractivity contribution < 1.29 is 13.7 Å². The highest BCUT2D eigenvalue weighted by Crippen LogP contribution is 2.38. The molecule has 1 heterocycles. The quantitative estimate of drug-likeness (QED) is 0.0861. The number of fused-ring (bicyclic) bond motifs is 3. The van der Waals surface area contributed by atoms with Crippen molar-refractivity contribution in [2.45, 2.75) is 0 Å². The van der Waals surface area contributed by atoms with Gasteiger partial charge in [-0.2, -0.15) is 0 Å². The van der Waals surface area contributed by atoms with Gasteiger partial charge in [0.25, 0.3) is 0 Å². The fourth-order valence-corrected chi connectivity index (χ4v) is 12.7. The van der Waals surface area contributed by atoms with Crippen LogP contribution in [0.15, 0.2) is 206 Å². The topological polar surface area (TPSA) is 4.93 Å². The lowest BCUT2D eigenvalue weighted by Gasteiger charge is -2.35. The van der Waals surface area contributed by atoms with Gasteiger partial charge in [0.2, 0.25) is 0 Å². The molecule has 0 saturated carbocycles. The summed E-state index contributed by atoms with van der Waals surface area (Å²) in [5.41, 5.74) is 3.40. The zero-order chi connectivity index (χ0) is 42.9. The lowest BCUT2D eigenvalue weighted by atomic mass is 10.0. The molecule has 3 heteroatoms. The Kier molecular flexibility index (Phi) is 5.84. The second-order valence-electron chi connectivity index (χ2n) is 12.3. The first-order valence-electron chi connectivity index (χ1n) is 21.6. The highest BCUT2D eigenvalue weighted by Gasteiger charge is 2.41. The minimum atomic E-state index is -2.97. The lowest BCUT2D eigenvalue weighted by Crippen LogP contribution is -2.74. The van der Waals surface area contributed by atoms with E-state index in [4.69, 9.17) is 13.7 Å². The molecule has 9 rings (SSSR count). The highest BCUT2D eigenvalue weighted by atomic mass is 127. The van der Waals surface area contributed by atoms with Crippen LogP contribution >= 0.6 is 22.6 Å². The molecular formula is C48H34INSi. The van der Waals surface area contributed by atoms with Crippen LogP contribution in [0.25, 0.3) is 49.7 Å². The fourth-order valence-electron chi connectivity index (χ4n) is 7.36. The molecule has 1 aromatic heterocycles. The van der Waals surface area contributed by atoms with Gasteiger partial charge in [-0.15, -0.1) is 0 Å². The number of hydrogen-bond acceptors (Lipinski definition) is 0. The lowest BCUT2D eigenvalue weighted by molar-refractivity contribution is 1.17. The van der Waals surface area contributed by atoms with Gasteiger partial charge in [0.05, 0.1) is 30.4 Å². The van der Waals surface area contributed by atoms with E-state index in [2.05, 4.69) is 118 Å². The summed E-state index contributed by atoms with van der Waals surface area (Å²) in [5.74, 6) is 0. The normalized spacial score (nSPS) is 14.4. The van der Waals surface area contributed by atoms with E-state index < -0.39 is 44.3 Å². The second kappa shape index (κ2) is 13.3. The third-order valence-electron chi connectivity index (χ3n) is 9.58. The van der Waals surface area contributed by atoms with E-state index >= 15 is 0 Å². The average Bonchev–Trinajstić information content (AvgIpc) is 3.61. The van der Waals surface area contributed by atoms with Crippen molar-refractivity contribution in [3.63, 3.8) is 0 Å². The van der Waals surface area contributed by atoms with Gasteiger partial charge in [0, 0.05) is 14.3 Å². The molecule has 0 aliphatic carbocycles. The molecule has 8 aromatic carbocycles. The van der Waals surface area contributed by atoms with E-state index in [9.17, 15) is 0 Å². The smallest absolute Gasteiger partial charge is 0.179 e. The summed E-state index contributed by atoms with van der Waals surface area (Å²) in [6.45, 7) is 0. The molecule has 51 heavy (non-hydrogen) atoms. The molecule has 1 nitrogen and oxygen atoms in total. The minimum Gasteiger partial charge on any atom is -0.308 e. The summed E-state index contributed by atoms with van der Waals surface area (Å²) in [7, 11) is -2.97. The second-order valence-corrected chi connectivity index (χ2v) is 17.3. The average molecular weight is 790 g/mol.